The van der Waals surface area contributed by atoms with Crippen molar-refractivity contribution in [3.05, 3.63) is 23.4 Å². The van der Waals surface area contributed by atoms with Crippen LogP contribution in [0.25, 0.3) is 0 Å². The smallest absolute Gasteiger partial charge is 0.129 e. The molecule has 2 heterocycles. The zero-order chi connectivity index (χ0) is 14.0. The van der Waals surface area contributed by atoms with Gasteiger partial charge in [-0.1, -0.05) is 0 Å². The van der Waals surface area contributed by atoms with Crippen molar-refractivity contribution in [3.63, 3.8) is 0 Å². The Morgan fingerprint density at radius 2 is 2.05 bits per heavy atom. The molecule has 0 radical (unpaired) electrons. The molecule has 0 spiro atoms. The Labute approximate surface area is 116 Å². The van der Waals surface area contributed by atoms with Crippen molar-refractivity contribution in [3.8, 4) is 0 Å². The van der Waals surface area contributed by atoms with E-state index in [2.05, 4.69) is 55.1 Å². The molecular formula is C15H26N4. The normalized spacial score (nSPS) is 19.7. The van der Waals surface area contributed by atoms with Crippen molar-refractivity contribution in [2.45, 2.75) is 32.9 Å². The van der Waals surface area contributed by atoms with Gasteiger partial charge >= 0.3 is 0 Å². The van der Waals surface area contributed by atoms with Crippen LogP contribution < -0.4 is 10.2 Å². The summed E-state index contributed by atoms with van der Waals surface area (Å²) in [5, 5.41) is 3.21. The standard InChI is InChI=1S/C15H26N4/c1-12-8-13(10-16-4)9-14(17-12)19-7-6-18(5)15(2,3)11-19/h8-9,16H,6-7,10-11H2,1-5H3. The summed E-state index contributed by atoms with van der Waals surface area (Å²) < 4.78 is 0. The van der Waals surface area contributed by atoms with Gasteiger partial charge in [-0.25, -0.2) is 4.98 Å². The summed E-state index contributed by atoms with van der Waals surface area (Å²) in [6.45, 7) is 10.7. The van der Waals surface area contributed by atoms with Gasteiger partial charge in [0.2, 0.25) is 0 Å². The Bertz CT molecular complexity index is 442. The maximum atomic E-state index is 4.71. The third-order valence-electron chi connectivity index (χ3n) is 4.02. The quantitative estimate of drug-likeness (QED) is 0.897. The number of aromatic nitrogens is 1. The lowest BCUT2D eigenvalue weighted by atomic mass is 9.99. The number of nitrogens with one attached hydrogen (secondary N) is 1. The molecule has 106 valence electrons. The van der Waals surface area contributed by atoms with Crippen LogP contribution in [0.5, 0.6) is 0 Å². The molecule has 1 aliphatic heterocycles. The second-order valence-electron chi connectivity index (χ2n) is 6.16. The van der Waals surface area contributed by atoms with E-state index in [-0.39, 0.29) is 5.54 Å². The van der Waals surface area contributed by atoms with Gasteiger partial charge in [0.25, 0.3) is 0 Å². The Balaban J connectivity index is 2.22. The fourth-order valence-corrected chi connectivity index (χ4v) is 2.62. The lowest BCUT2D eigenvalue weighted by molar-refractivity contribution is 0.138. The average Bonchev–Trinajstić information content (AvgIpc) is 2.32. The Kier molecular flexibility index (Phi) is 4.11. The summed E-state index contributed by atoms with van der Waals surface area (Å²) in [5.41, 5.74) is 2.61. The first-order valence-electron chi connectivity index (χ1n) is 7.01. The van der Waals surface area contributed by atoms with Crippen LogP contribution in [0.2, 0.25) is 0 Å². The minimum absolute atomic E-state index is 0.201. The number of piperazine rings is 1. The van der Waals surface area contributed by atoms with Gasteiger partial charge in [0.05, 0.1) is 0 Å². The van der Waals surface area contributed by atoms with Gasteiger partial charge in [-0.15, -0.1) is 0 Å². The fraction of sp³-hybridized carbons (Fsp3) is 0.667. The average molecular weight is 262 g/mol. The molecule has 1 aromatic rings. The molecule has 2 rings (SSSR count). The maximum Gasteiger partial charge on any atom is 0.129 e. The van der Waals surface area contributed by atoms with E-state index in [1.807, 2.05) is 7.05 Å². The molecule has 1 fully saturated rings. The molecule has 1 saturated heterocycles. The van der Waals surface area contributed by atoms with Gasteiger partial charge in [-0.05, 0) is 52.6 Å². The predicted molar refractivity (Wildman–Crippen MR) is 80.7 cm³/mol. The van der Waals surface area contributed by atoms with Gasteiger partial charge in [-0.3, -0.25) is 4.90 Å². The number of pyridine rings is 1. The zero-order valence-electron chi connectivity index (χ0n) is 12.8. The van der Waals surface area contributed by atoms with E-state index in [9.17, 15) is 0 Å². The molecule has 0 aliphatic carbocycles. The first kappa shape index (κ1) is 14.3. The molecule has 19 heavy (non-hydrogen) atoms. The van der Waals surface area contributed by atoms with Crippen LogP contribution in [-0.2, 0) is 6.54 Å². The van der Waals surface area contributed by atoms with Crippen LogP contribution in [0.4, 0.5) is 5.82 Å². The largest absolute Gasteiger partial charge is 0.353 e. The van der Waals surface area contributed by atoms with E-state index in [0.29, 0.717) is 0 Å². The van der Waals surface area contributed by atoms with Crippen molar-refractivity contribution in [1.82, 2.24) is 15.2 Å². The summed E-state index contributed by atoms with van der Waals surface area (Å²) in [6.07, 6.45) is 0. The molecule has 0 aromatic carbocycles. The van der Waals surface area contributed by atoms with E-state index >= 15 is 0 Å². The minimum atomic E-state index is 0.201. The fourth-order valence-electron chi connectivity index (χ4n) is 2.62. The molecule has 4 nitrogen and oxygen atoms in total. The van der Waals surface area contributed by atoms with Crippen molar-refractivity contribution < 1.29 is 0 Å². The summed E-state index contributed by atoms with van der Waals surface area (Å²) in [6, 6.07) is 4.37. The third kappa shape index (κ3) is 3.25. The van der Waals surface area contributed by atoms with E-state index in [1.165, 1.54) is 5.56 Å². The van der Waals surface area contributed by atoms with E-state index in [4.69, 9.17) is 4.98 Å². The summed E-state index contributed by atoms with van der Waals surface area (Å²) in [7, 11) is 4.18. The molecule has 0 atom stereocenters. The maximum absolute atomic E-state index is 4.71. The lowest BCUT2D eigenvalue weighted by Gasteiger charge is -2.45. The van der Waals surface area contributed by atoms with Crippen LogP contribution in [0.1, 0.15) is 25.1 Å². The third-order valence-corrected chi connectivity index (χ3v) is 4.02. The Morgan fingerprint density at radius 3 is 2.68 bits per heavy atom. The number of hydrogen-bond donors (Lipinski definition) is 1. The van der Waals surface area contributed by atoms with Gasteiger partial charge in [-0.2, -0.15) is 0 Å². The number of nitrogens with zero attached hydrogens (tertiary/aromatic N) is 3. The highest BCUT2D eigenvalue weighted by Gasteiger charge is 2.31. The van der Waals surface area contributed by atoms with Crippen LogP contribution >= 0.6 is 0 Å². The number of anilines is 1. The zero-order valence-corrected chi connectivity index (χ0v) is 12.8. The van der Waals surface area contributed by atoms with Gasteiger partial charge in [0.15, 0.2) is 0 Å². The van der Waals surface area contributed by atoms with Crippen molar-refractivity contribution >= 4 is 5.82 Å². The molecule has 0 saturated carbocycles. The van der Waals surface area contributed by atoms with Crippen LogP contribution in [-0.4, -0.2) is 49.2 Å². The molecule has 1 aliphatic rings. The van der Waals surface area contributed by atoms with Crippen molar-refractivity contribution in [2.24, 2.45) is 0 Å². The highest BCUT2D eigenvalue weighted by atomic mass is 15.3. The monoisotopic (exact) mass is 262 g/mol. The molecule has 0 unspecified atom stereocenters. The van der Waals surface area contributed by atoms with Gasteiger partial charge in [0.1, 0.15) is 5.82 Å². The van der Waals surface area contributed by atoms with Crippen LogP contribution in [0.3, 0.4) is 0 Å². The van der Waals surface area contributed by atoms with Crippen LogP contribution in [0, 0.1) is 6.92 Å². The first-order valence-corrected chi connectivity index (χ1v) is 7.01. The molecule has 0 bridgehead atoms. The van der Waals surface area contributed by atoms with Gasteiger partial charge in [0, 0.05) is 37.4 Å². The highest BCUT2D eigenvalue weighted by molar-refractivity contribution is 5.44. The van der Waals surface area contributed by atoms with E-state index in [1.54, 1.807) is 0 Å². The lowest BCUT2D eigenvalue weighted by Crippen LogP contribution is -2.57. The van der Waals surface area contributed by atoms with Crippen molar-refractivity contribution in [2.75, 3.05) is 38.6 Å². The highest BCUT2D eigenvalue weighted by Crippen LogP contribution is 2.24. The van der Waals surface area contributed by atoms with Crippen LogP contribution in [0.15, 0.2) is 12.1 Å². The van der Waals surface area contributed by atoms with Crippen molar-refractivity contribution in [1.29, 1.82) is 0 Å². The second-order valence-corrected chi connectivity index (χ2v) is 6.16. The van der Waals surface area contributed by atoms with E-state index < -0.39 is 0 Å². The minimum Gasteiger partial charge on any atom is -0.353 e. The number of likely N-dealkylation sites (N-methyl/N-ethyl adjacent to an activating group) is 1. The predicted octanol–water partition coefficient (Wildman–Crippen LogP) is 1.64. The summed E-state index contributed by atoms with van der Waals surface area (Å²) >= 11 is 0. The summed E-state index contributed by atoms with van der Waals surface area (Å²) in [5.74, 6) is 1.12. The molecule has 4 heteroatoms. The molecule has 1 aromatic heterocycles. The first-order chi connectivity index (χ1) is 8.92. The van der Waals surface area contributed by atoms with E-state index in [0.717, 1.165) is 37.7 Å². The number of hydrogen-bond acceptors (Lipinski definition) is 4. The van der Waals surface area contributed by atoms with Gasteiger partial charge < -0.3 is 10.2 Å². The number of aryl methyl sites for hydroxylation is 1. The molecular weight excluding hydrogens is 236 g/mol. The Morgan fingerprint density at radius 1 is 1.32 bits per heavy atom. The molecule has 0 amide bonds. The SMILES string of the molecule is CNCc1cc(C)nc(N2CCN(C)C(C)(C)C2)c1. The molecule has 1 N–H and O–H groups in total. The topological polar surface area (TPSA) is 31.4 Å². The summed E-state index contributed by atoms with van der Waals surface area (Å²) in [4.78, 5) is 9.54. The second kappa shape index (κ2) is 5.47. The number of rotatable bonds is 3. The Hall–Kier alpha value is -1.13.